The Kier molecular flexibility index (Phi) is 6.38. The van der Waals surface area contributed by atoms with Crippen LogP contribution in [0.3, 0.4) is 0 Å². The van der Waals surface area contributed by atoms with Crippen LogP contribution in [0, 0.1) is 5.92 Å². The summed E-state index contributed by atoms with van der Waals surface area (Å²) in [7, 11) is 0. The van der Waals surface area contributed by atoms with Crippen molar-refractivity contribution in [3.8, 4) is 0 Å². The normalized spacial score (nSPS) is 25.0. The van der Waals surface area contributed by atoms with E-state index in [2.05, 4.69) is 9.64 Å². The second kappa shape index (κ2) is 7.31. The molecule has 0 aromatic heterocycles. The zero-order valence-corrected chi connectivity index (χ0v) is 10.9. The van der Waals surface area contributed by atoms with Crippen LogP contribution in [-0.4, -0.2) is 50.0 Å². The van der Waals surface area contributed by atoms with E-state index in [1.807, 2.05) is 6.92 Å². The van der Waals surface area contributed by atoms with Crippen LogP contribution in [0.4, 0.5) is 13.2 Å². The molecule has 0 bridgehead atoms. The Hall–Kier alpha value is -0.330. The molecule has 1 aliphatic rings. The molecule has 108 valence electrons. The molecular weight excluding hydrogens is 245 g/mol. The Morgan fingerprint density at radius 3 is 2.61 bits per heavy atom. The third-order valence-electron chi connectivity index (χ3n) is 3.59. The van der Waals surface area contributed by atoms with Crippen LogP contribution in [0.5, 0.6) is 0 Å². The zero-order chi connectivity index (χ0) is 13.6. The lowest BCUT2D eigenvalue weighted by atomic mass is 10.0. The van der Waals surface area contributed by atoms with Crippen LogP contribution in [0.25, 0.3) is 0 Å². The van der Waals surface area contributed by atoms with Crippen molar-refractivity contribution in [3.63, 3.8) is 0 Å². The van der Waals surface area contributed by atoms with Crippen LogP contribution >= 0.6 is 0 Å². The van der Waals surface area contributed by atoms with Crippen molar-refractivity contribution >= 4 is 0 Å². The summed E-state index contributed by atoms with van der Waals surface area (Å²) < 4.78 is 40.4. The minimum Gasteiger partial charge on any atom is -0.371 e. The van der Waals surface area contributed by atoms with Crippen molar-refractivity contribution in [3.05, 3.63) is 0 Å². The van der Waals surface area contributed by atoms with Gasteiger partial charge in [-0.15, -0.1) is 0 Å². The number of rotatable bonds is 7. The van der Waals surface area contributed by atoms with Gasteiger partial charge in [-0.2, -0.15) is 13.2 Å². The topological polar surface area (TPSA) is 38.5 Å². The first-order valence-corrected chi connectivity index (χ1v) is 6.56. The highest BCUT2D eigenvalue weighted by molar-refractivity contribution is 4.85. The van der Waals surface area contributed by atoms with Gasteiger partial charge in [-0.25, -0.2) is 0 Å². The van der Waals surface area contributed by atoms with Crippen LogP contribution in [0.15, 0.2) is 0 Å². The maximum atomic E-state index is 11.9. The van der Waals surface area contributed by atoms with E-state index in [0.29, 0.717) is 25.0 Å². The summed E-state index contributed by atoms with van der Waals surface area (Å²) in [4.78, 5) is 2.20. The quantitative estimate of drug-likeness (QED) is 0.718. The molecule has 1 rings (SSSR count). The molecule has 3 nitrogen and oxygen atoms in total. The summed E-state index contributed by atoms with van der Waals surface area (Å²) in [6.45, 7) is 3.03. The predicted molar refractivity (Wildman–Crippen MR) is 64.3 cm³/mol. The fourth-order valence-electron chi connectivity index (χ4n) is 2.70. The number of alkyl halides is 3. The van der Waals surface area contributed by atoms with Gasteiger partial charge in [0.05, 0.1) is 6.61 Å². The number of hydrogen-bond donors (Lipinski definition) is 1. The van der Waals surface area contributed by atoms with E-state index < -0.39 is 12.8 Å². The Labute approximate surface area is 106 Å². The van der Waals surface area contributed by atoms with E-state index in [1.165, 1.54) is 0 Å². The third-order valence-corrected chi connectivity index (χ3v) is 3.59. The van der Waals surface area contributed by atoms with E-state index in [4.69, 9.17) is 5.73 Å². The minimum atomic E-state index is -4.23. The Bertz CT molecular complexity index is 236. The number of nitrogens with zero attached hydrogens (tertiary/aromatic N) is 1. The molecule has 0 radical (unpaired) electrons. The van der Waals surface area contributed by atoms with Crippen molar-refractivity contribution in [2.24, 2.45) is 11.7 Å². The summed E-state index contributed by atoms with van der Waals surface area (Å²) in [6, 6.07) is 0.412. The molecule has 18 heavy (non-hydrogen) atoms. The molecule has 0 spiro atoms. The smallest absolute Gasteiger partial charge is 0.371 e. The molecule has 2 N–H and O–H groups in total. The second-order valence-electron chi connectivity index (χ2n) is 4.79. The van der Waals surface area contributed by atoms with Crippen molar-refractivity contribution in [1.82, 2.24) is 4.90 Å². The fraction of sp³-hybridized carbons (Fsp3) is 1.00. The van der Waals surface area contributed by atoms with Crippen LogP contribution in [0.2, 0.25) is 0 Å². The van der Waals surface area contributed by atoms with Gasteiger partial charge in [-0.3, -0.25) is 4.90 Å². The molecular formula is C12H23F3N2O. The highest BCUT2D eigenvalue weighted by atomic mass is 19.4. The first kappa shape index (κ1) is 15.7. The van der Waals surface area contributed by atoms with Crippen LogP contribution in [0.1, 0.15) is 26.2 Å². The Morgan fingerprint density at radius 1 is 1.33 bits per heavy atom. The number of hydrogen-bond acceptors (Lipinski definition) is 3. The number of likely N-dealkylation sites (N-methyl/N-ethyl adjacent to an activating group) is 1. The maximum absolute atomic E-state index is 11.9. The molecule has 0 aromatic carbocycles. The maximum Gasteiger partial charge on any atom is 0.411 e. The fourth-order valence-corrected chi connectivity index (χ4v) is 2.70. The zero-order valence-electron chi connectivity index (χ0n) is 10.9. The molecule has 2 atom stereocenters. The number of halogens is 3. The summed E-state index contributed by atoms with van der Waals surface area (Å²) in [6.07, 6.45) is -0.854. The summed E-state index contributed by atoms with van der Waals surface area (Å²) in [5, 5.41) is 0. The van der Waals surface area contributed by atoms with E-state index in [0.717, 1.165) is 25.8 Å². The lowest BCUT2D eigenvalue weighted by Gasteiger charge is -2.31. The number of nitrogens with two attached hydrogens (primary N) is 1. The average Bonchev–Trinajstić information content (AvgIpc) is 2.76. The Morgan fingerprint density at radius 2 is 2.06 bits per heavy atom. The minimum absolute atomic E-state index is 0.126. The molecule has 1 aliphatic carbocycles. The molecule has 0 aliphatic heterocycles. The lowest BCUT2D eigenvalue weighted by Crippen LogP contribution is -2.42. The van der Waals surface area contributed by atoms with Crippen molar-refractivity contribution in [2.75, 3.05) is 32.8 Å². The van der Waals surface area contributed by atoms with Crippen molar-refractivity contribution in [2.45, 2.75) is 38.4 Å². The van der Waals surface area contributed by atoms with Gasteiger partial charge in [0.25, 0.3) is 0 Å². The van der Waals surface area contributed by atoms with Gasteiger partial charge >= 0.3 is 6.18 Å². The van der Waals surface area contributed by atoms with Crippen molar-refractivity contribution < 1.29 is 17.9 Å². The molecule has 0 saturated heterocycles. The lowest BCUT2D eigenvalue weighted by molar-refractivity contribution is -0.174. The van der Waals surface area contributed by atoms with Gasteiger partial charge in [-0.1, -0.05) is 13.3 Å². The molecule has 1 fully saturated rings. The molecule has 0 aromatic rings. The summed E-state index contributed by atoms with van der Waals surface area (Å²) in [5.41, 5.74) is 5.72. The number of ether oxygens (including phenoxy) is 1. The first-order valence-electron chi connectivity index (χ1n) is 6.56. The van der Waals surface area contributed by atoms with Crippen molar-refractivity contribution in [1.29, 1.82) is 0 Å². The average molecular weight is 268 g/mol. The van der Waals surface area contributed by atoms with Gasteiger partial charge < -0.3 is 10.5 Å². The van der Waals surface area contributed by atoms with E-state index in [9.17, 15) is 13.2 Å². The van der Waals surface area contributed by atoms with Gasteiger partial charge in [-0.05, 0) is 31.8 Å². The molecule has 2 unspecified atom stereocenters. The third kappa shape index (κ3) is 5.12. The molecule has 6 heteroatoms. The van der Waals surface area contributed by atoms with E-state index >= 15 is 0 Å². The van der Waals surface area contributed by atoms with Crippen LogP contribution < -0.4 is 5.73 Å². The first-order chi connectivity index (χ1) is 8.48. The standard InChI is InChI=1S/C12H23F3N2O/c1-2-17(6-7-18-9-12(13,14)15)11-5-3-4-10(11)8-16/h10-11H,2-9,16H2,1H3. The van der Waals surface area contributed by atoms with Gasteiger partial charge in [0.2, 0.25) is 0 Å². The van der Waals surface area contributed by atoms with Gasteiger partial charge in [0.15, 0.2) is 0 Å². The predicted octanol–water partition coefficient (Wildman–Crippen LogP) is 2.01. The van der Waals surface area contributed by atoms with E-state index in [-0.39, 0.29) is 6.61 Å². The largest absolute Gasteiger partial charge is 0.411 e. The monoisotopic (exact) mass is 268 g/mol. The molecule has 0 heterocycles. The second-order valence-corrected chi connectivity index (χ2v) is 4.79. The van der Waals surface area contributed by atoms with Crippen LogP contribution in [-0.2, 0) is 4.74 Å². The van der Waals surface area contributed by atoms with Gasteiger partial charge in [0, 0.05) is 12.6 Å². The highest BCUT2D eigenvalue weighted by Gasteiger charge is 2.31. The molecule has 0 amide bonds. The summed E-state index contributed by atoms with van der Waals surface area (Å²) >= 11 is 0. The SMILES string of the molecule is CCN(CCOCC(F)(F)F)C1CCCC1CN. The van der Waals surface area contributed by atoms with Gasteiger partial charge in [0.1, 0.15) is 6.61 Å². The molecule has 1 saturated carbocycles. The highest BCUT2D eigenvalue weighted by Crippen LogP contribution is 2.29. The summed E-state index contributed by atoms with van der Waals surface area (Å²) in [5.74, 6) is 0.479. The van der Waals surface area contributed by atoms with E-state index in [1.54, 1.807) is 0 Å². The Balaban J connectivity index is 2.29.